The lowest BCUT2D eigenvalue weighted by Gasteiger charge is -2.23. The number of benzene rings is 2. The van der Waals surface area contributed by atoms with Crippen LogP contribution < -0.4 is 10.2 Å². The summed E-state index contributed by atoms with van der Waals surface area (Å²) in [6.45, 7) is 4.68. The molecule has 2 nitrogen and oxygen atoms in total. The quantitative estimate of drug-likeness (QED) is 0.826. The molecule has 0 aliphatic carbocycles. The Bertz CT molecular complexity index is 582. The number of rotatable bonds is 6. The zero-order chi connectivity index (χ0) is 15.2. The molecule has 0 saturated heterocycles. The maximum atomic E-state index is 6.12. The van der Waals surface area contributed by atoms with Gasteiger partial charge in [0.15, 0.2) is 0 Å². The highest BCUT2D eigenvalue weighted by atomic mass is 35.5. The molecule has 1 N–H and O–H groups in total. The molecule has 0 fully saturated rings. The number of hydrogen-bond donors (Lipinski definition) is 1. The highest BCUT2D eigenvalue weighted by molar-refractivity contribution is 6.31. The minimum atomic E-state index is 0.765. The van der Waals surface area contributed by atoms with E-state index in [2.05, 4.69) is 42.4 Å². The monoisotopic (exact) mass is 322 g/mol. The lowest BCUT2D eigenvalue weighted by atomic mass is 10.1. The first-order valence-corrected chi connectivity index (χ1v) is 7.80. The summed E-state index contributed by atoms with van der Waals surface area (Å²) in [5, 5.41) is 4.89. The number of nitrogens with one attached hydrogen (secondary N) is 1. The topological polar surface area (TPSA) is 15.3 Å². The molecule has 21 heavy (non-hydrogen) atoms. The Morgan fingerprint density at radius 2 is 1.67 bits per heavy atom. The van der Waals surface area contributed by atoms with Gasteiger partial charge in [-0.25, -0.2) is 0 Å². The summed E-state index contributed by atoms with van der Waals surface area (Å²) in [4.78, 5) is 2.23. The van der Waals surface area contributed by atoms with Crippen LogP contribution in [0, 0.1) is 0 Å². The molecule has 0 heterocycles. The minimum Gasteiger partial charge on any atom is -0.370 e. The van der Waals surface area contributed by atoms with Crippen molar-refractivity contribution in [2.75, 3.05) is 18.5 Å². The Kier molecular flexibility index (Phi) is 5.92. The van der Waals surface area contributed by atoms with Gasteiger partial charge in [0.1, 0.15) is 0 Å². The second kappa shape index (κ2) is 7.69. The lowest BCUT2D eigenvalue weighted by Crippen LogP contribution is -2.20. The van der Waals surface area contributed by atoms with Crippen LogP contribution in [-0.4, -0.2) is 13.6 Å². The van der Waals surface area contributed by atoms with Crippen LogP contribution in [0.5, 0.6) is 0 Å². The van der Waals surface area contributed by atoms with Crippen LogP contribution in [0.15, 0.2) is 42.5 Å². The van der Waals surface area contributed by atoms with Gasteiger partial charge in [0.05, 0.1) is 0 Å². The number of halogens is 2. The smallest absolute Gasteiger partial charge is 0.0426 e. The molecule has 0 atom stereocenters. The summed E-state index contributed by atoms with van der Waals surface area (Å²) in [6.07, 6.45) is 0. The zero-order valence-corrected chi connectivity index (χ0v) is 13.9. The molecule has 0 aliphatic heterocycles. The second-order valence-corrected chi connectivity index (χ2v) is 5.91. The van der Waals surface area contributed by atoms with E-state index in [1.54, 1.807) is 0 Å². The molecule has 2 rings (SSSR count). The molecule has 0 unspecified atom stereocenters. The van der Waals surface area contributed by atoms with Gasteiger partial charge in [-0.1, -0.05) is 42.3 Å². The molecular formula is C17H20Cl2N2. The van der Waals surface area contributed by atoms with E-state index in [9.17, 15) is 0 Å². The van der Waals surface area contributed by atoms with Gasteiger partial charge in [0, 0.05) is 35.9 Å². The molecule has 0 amide bonds. The van der Waals surface area contributed by atoms with Gasteiger partial charge in [-0.2, -0.15) is 0 Å². The third-order valence-corrected chi connectivity index (χ3v) is 3.84. The average molecular weight is 323 g/mol. The number of anilines is 1. The van der Waals surface area contributed by atoms with Gasteiger partial charge >= 0.3 is 0 Å². The largest absolute Gasteiger partial charge is 0.370 e. The van der Waals surface area contributed by atoms with Gasteiger partial charge in [0.2, 0.25) is 0 Å². The Morgan fingerprint density at radius 1 is 1.00 bits per heavy atom. The number of hydrogen-bond acceptors (Lipinski definition) is 2. The van der Waals surface area contributed by atoms with E-state index in [4.69, 9.17) is 23.2 Å². The fourth-order valence-electron chi connectivity index (χ4n) is 2.28. The molecule has 0 spiro atoms. The molecule has 0 aromatic heterocycles. The van der Waals surface area contributed by atoms with Gasteiger partial charge < -0.3 is 10.2 Å². The zero-order valence-electron chi connectivity index (χ0n) is 12.4. The van der Waals surface area contributed by atoms with Crippen LogP contribution in [0.4, 0.5) is 5.69 Å². The molecule has 0 bridgehead atoms. The van der Waals surface area contributed by atoms with Crippen molar-refractivity contribution in [3.63, 3.8) is 0 Å². The molecule has 0 aliphatic rings. The van der Waals surface area contributed by atoms with Gasteiger partial charge in [-0.3, -0.25) is 0 Å². The Labute approximate surface area is 136 Å². The minimum absolute atomic E-state index is 0.765. The van der Waals surface area contributed by atoms with Crippen molar-refractivity contribution in [3.05, 3.63) is 63.6 Å². The maximum Gasteiger partial charge on any atom is 0.0426 e. The van der Waals surface area contributed by atoms with Crippen molar-refractivity contribution in [3.8, 4) is 0 Å². The van der Waals surface area contributed by atoms with Crippen LogP contribution in [0.25, 0.3) is 0 Å². The fraction of sp³-hybridized carbons (Fsp3) is 0.294. The highest BCUT2D eigenvalue weighted by Crippen LogP contribution is 2.25. The molecule has 112 valence electrons. The van der Waals surface area contributed by atoms with Crippen molar-refractivity contribution in [2.45, 2.75) is 20.0 Å². The van der Waals surface area contributed by atoms with Crippen molar-refractivity contribution >= 4 is 28.9 Å². The Balaban J connectivity index is 2.17. The summed E-state index contributed by atoms with van der Waals surface area (Å²) in [6, 6.07) is 14.0. The predicted octanol–water partition coefficient (Wildman–Crippen LogP) is 4.74. The first-order chi connectivity index (χ1) is 10.1. The van der Waals surface area contributed by atoms with Crippen molar-refractivity contribution in [2.24, 2.45) is 0 Å². The Hall–Kier alpha value is -1.22. The van der Waals surface area contributed by atoms with E-state index in [1.165, 1.54) is 16.8 Å². The fourth-order valence-corrected chi connectivity index (χ4v) is 2.60. The van der Waals surface area contributed by atoms with Crippen molar-refractivity contribution in [1.82, 2.24) is 5.32 Å². The Morgan fingerprint density at radius 3 is 2.33 bits per heavy atom. The first kappa shape index (κ1) is 16.2. The predicted molar refractivity (Wildman–Crippen MR) is 92.4 cm³/mol. The van der Waals surface area contributed by atoms with Crippen molar-refractivity contribution < 1.29 is 0 Å². The summed E-state index contributed by atoms with van der Waals surface area (Å²) in [7, 11) is 2.09. The van der Waals surface area contributed by atoms with Crippen LogP contribution >= 0.6 is 23.2 Å². The first-order valence-electron chi connectivity index (χ1n) is 7.05. The van der Waals surface area contributed by atoms with Gasteiger partial charge in [-0.15, -0.1) is 0 Å². The average Bonchev–Trinajstić information content (AvgIpc) is 2.47. The van der Waals surface area contributed by atoms with E-state index in [0.717, 1.165) is 29.7 Å². The van der Waals surface area contributed by atoms with Crippen LogP contribution in [0.2, 0.25) is 10.0 Å². The molecule has 0 saturated carbocycles. The molecule has 4 heteroatoms. The van der Waals surface area contributed by atoms with Gasteiger partial charge in [-0.05, 0) is 48.0 Å². The summed E-state index contributed by atoms with van der Waals surface area (Å²) in [5.74, 6) is 0. The van der Waals surface area contributed by atoms with Crippen LogP contribution in [0.1, 0.15) is 18.1 Å². The van der Waals surface area contributed by atoms with E-state index in [0.29, 0.717) is 0 Å². The summed E-state index contributed by atoms with van der Waals surface area (Å²) >= 11 is 12.0. The van der Waals surface area contributed by atoms with Gasteiger partial charge in [0.25, 0.3) is 0 Å². The number of nitrogens with zero attached hydrogens (tertiary/aromatic N) is 1. The third-order valence-electron chi connectivity index (χ3n) is 3.35. The van der Waals surface area contributed by atoms with E-state index in [1.807, 2.05) is 24.3 Å². The third kappa shape index (κ3) is 4.63. The highest BCUT2D eigenvalue weighted by Gasteiger charge is 2.08. The standard InChI is InChI=1S/C17H20Cl2N2/c1-3-20-11-14-10-16(19)8-9-17(14)21(2)12-13-4-6-15(18)7-5-13/h4-10,20H,3,11-12H2,1-2H3. The van der Waals surface area contributed by atoms with Crippen molar-refractivity contribution in [1.29, 1.82) is 0 Å². The second-order valence-electron chi connectivity index (χ2n) is 5.04. The van der Waals surface area contributed by atoms with Crippen LogP contribution in [0.3, 0.4) is 0 Å². The molecular weight excluding hydrogens is 303 g/mol. The molecule has 2 aromatic rings. The maximum absolute atomic E-state index is 6.12. The molecule has 0 radical (unpaired) electrons. The van der Waals surface area contributed by atoms with E-state index in [-0.39, 0.29) is 0 Å². The van der Waals surface area contributed by atoms with E-state index >= 15 is 0 Å². The summed E-state index contributed by atoms with van der Waals surface area (Å²) in [5.41, 5.74) is 3.63. The van der Waals surface area contributed by atoms with E-state index < -0.39 is 0 Å². The van der Waals surface area contributed by atoms with Crippen LogP contribution in [-0.2, 0) is 13.1 Å². The SMILES string of the molecule is CCNCc1cc(Cl)ccc1N(C)Cc1ccc(Cl)cc1. The molecule has 2 aromatic carbocycles. The summed E-state index contributed by atoms with van der Waals surface area (Å²) < 4.78 is 0. The lowest BCUT2D eigenvalue weighted by molar-refractivity contribution is 0.723. The normalized spacial score (nSPS) is 10.7.